The number of urea groups is 1. The first-order valence-corrected chi connectivity index (χ1v) is 6.51. The number of aromatic nitrogens is 2. The van der Waals surface area contributed by atoms with Gasteiger partial charge in [0.1, 0.15) is 0 Å². The molecule has 0 spiro atoms. The van der Waals surface area contributed by atoms with E-state index in [1.807, 2.05) is 12.3 Å². The van der Waals surface area contributed by atoms with Crippen LogP contribution in [0.4, 0.5) is 14.9 Å². The second-order valence-corrected chi connectivity index (χ2v) is 4.51. The number of hydrogen-bond acceptors (Lipinski definition) is 2. The predicted molar refractivity (Wildman–Crippen MR) is 75.3 cm³/mol. The van der Waals surface area contributed by atoms with Gasteiger partial charge in [-0.3, -0.25) is 4.68 Å². The number of benzene rings is 1. The lowest BCUT2D eigenvalue weighted by atomic mass is 10.3. The summed E-state index contributed by atoms with van der Waals surface area (Å²) in [6.07, 6.45) is 4.27. The third kappa shape index (κ3) is 3.96. The number of nitrogens with one attached hydrogen (secondary N) is 2. The van der Waals surface area contributed by atoms with E-state index in [9.17, 15) is 9.18 Å². The van der Waals surface area contributed by atoms with Crippen molar-refractivity contribution in [2.75, 3.05) is 11.9 Å². The van der Waals surface area contributed by atoms with Crippen LogP contribution in [0.25, 0.3) is 0 Å². The Morgan fingerprint density at radius 3 is 3.00 bits per heavy atom. The van der Waals surface area contributed by atoms with Gasteiger partial charge in [0.05, 0.1) is 10.7 Å². The summed E-state index contributed by atoms with van der Waals surface area (Å²) in [5.41, 5.74) is 0.0575. The number of carbonyl (C=O) groups excluding carboxylic acids is 1. The molecule has 2 aromatic rings. The van der Waals surface area contributed by atoms with Crippen LogP contribution in [-0.4, -0.2) is 22.4 Å². The molecule has 0 saturated carbocycles. The zero-order valence-electron chi connectivity index (χ0n) is 10.6. The minimum atomic E-state index is -0.638. The SMILES string of the molecule is O=C(NCCCn1cccn1)Nc1cccc(Cl)c1F. The number of anilines is 1. The fourth-order valence-corrected chi connectivity index (χ4v) is 1.82. The summed E-state index contributed by atoms with van der Waals surface area (Å²) >= 11 is 5.62. The first-order chi connectivity index (χ1) is 9.66. The molecule has 7 heteroatoms. The van der Waals surface area contributed by atoms with Crippen LogP contribution in [0, 0.1) is 5.82 Å². The standard InChI is InChI=1S/C13H14ClFN4O/c14-10-4-1-5-11(12(10)15)18-13(20)16-6-2-8-19-9-3-7-17-19/h1,3-5,7,9H,2,6,8H2,(H2,16,18,20). The number of amides is 2. The van der Waals surface area contributed by atoms with Crippen molar-refractivity contribution >= 4 is 23.3 Å². The number of hydrogen-bond donors (Lipinski definition) is 2. The first kappa shape index (κ1) is 14.3. The van der Waals surface area contributed by atoms with Gasteiger partial charge in [0.15, 0.2) is 5.82 Å². The average molecular weight is 297 g/mol. The molecule has 106 valence electrons. The van der Waals surface area contributed by atoms with E-state index in [1.165, 1.54) is 12.1 Å². The monoisotopic (exact) mass is 296 g/mol. The number of carbonyl (C=O) groups is 1. The molecule has 0 aliphatic carbocycles. The Balaban J connectivity index is 1.74. The highest BCUT2D eigenvalue weighted by molar-refractivity contribution is 6.31. The van der Waals surface area contributed by atoms with E-state index in [0.717, 1.165) is 6.42 Å². The van der Waals surface area contributed by atoms with E-state index >= 15 is 0 Å². The molecule has 2 rings (SSSR count). The van der Waals surface area contributed by atoms with Gasteiger partial charge >= 0.3 is 6.03 Å². The normalized spacial score (nSPS) is 10.3. The highest BCUT2D eigenvalue weighted by atomic mass is 35.5. The fourth-order valence-electron chi connectivity index (χ4n) is 1.64. The van der Waals surface area contributed by atoms with Crippen LogP contribution in [0.2, 0.25) is 5.02 Å². The third-order valence-electron chi connectivity index (χ3n) is 2.61. The van der Waals surface area contributed by atoms with E-state index in [-0.39, 0.29) is 10.7 Å². The molecule has 1 aromatic carbocycles. The van der Waals surface area contributed by atoms with Crippen molar-refractivity contribution in [2.45, 2.75) is 13.0 Å². The number of nitrogens with zero attached hydrogens (tertiary/aromatic N) is 2. The van der Waals surface area contributed by atoms with Gasteiger partial charge in [0.2, 0.25) is 0 Å². The van der Waals surface area contributed by atoms with Gasteiger partial charge in [-0.25, -0.2) is 9.18 Å². The quantitative estimate of drug-likeness (QED) is 0.834. The second kappa shape index (κ2) is 6.91. The van der Waals surface area contributed by atoms with Crippen molar-refractivity contribution in [1.29, 1.82) is 0 Å². The zero-order valence-corrected chi connectivity index (χ0v) is 11.4. The summed E-state index contributed by atoms with van der Waals surface area (Å²) in [6, 6.07) is 5.81. The Hall–Kier alpha value is -2.08. The van der Waals surface area contributed by atoms with Gasteiger partial charge in [0.25, 0.3) is 0 Å². The largest absolute Gasteiger partial charge is 0.338 e. The van der Waals surface area contributed by atoms with Gasteiger partial charge in [0, 0.05) is 25.5 Å². The summed E-state index contributed by atoms with van der Waals surface area (Å²) < 4.78 is 15.3. The van der Waals surface area contributed by atoms with Crippen molar-refractivity contribution in [3.8, 4) is 0 Å². The van der Waals surface area contributed by atoms with E-state index in [4.69, 9.17) is 11.6 Å². The van der Waals surface area contributed by atoms with E-state index in [2.05, 4.69) is 15.7 Å². The molecule has 0 radical (unpaired) electrons. The predicted octanol–water partition coefficient (Wildman–Crippen LogP) is 2.89. The van der Waals surface area contributed by atoms with Crippen molar-refractivity contribution in [3.63, 3.8) is 0 Å². The summed E-state index contributed by atoms with van der Waals surface area (Å²) in [5.74, 6) is -0.638. The lowest BCUT2D eigenvalue weighted by Crippen LogP contribution is -2.30. The van der Waals surface area contributed by atoms with Crippen molar-refractivity contribution in [1.82, 2.24) is 15.1 Å². The lowest BCUT2D eigenvalue weighted by Gasteiger charge is -2.09. The summed E-state index contributed by atoms with van der Waals surface area (Å²) in [4.78, 5) is 11.6. The fraction of sp³-hybridized carbons (Fsp3) is 0.231. The maximum Gasteiger partial charge on any atom is 0.319 e. The summed E-state index contributed by atoms with van der Waals surface area (Å²) in [5, 5.41) is 9.07. The molecular formula is C13H14ClFN4O. The molecule has 2 amide bonds. The molecular weight excluding hydrogens is 283 g/mol. The topological polar surface area (TPSA) is 59.0 Å². The third-order valence-corrected chi connectivity index (χ3v) is 2.90. The van der Waals surface area contributed by atoms with Crippen molar-refractivity contribution in [2.24, 2.45) is 0 Å². The van der Waals surface area contributed by atoms with Crippen molar-refractivity contribution < 1.29 is 9.18 Å². The van der Waals surface area contributed by atoms with E-state index < -0.39 is 11.8 Å². The minimum Gasteiger partial charge on any atom is -0.338 e. The number of aryl methyl sites for hydroxylation is 1. The molecule has 0 unspecified atom stereocenters. The molecule has 0 atom stereocenters. The second-order valence-electron chi connectivity index (χ2n) is 4.10. The molecule has 0 fully saturated rings. The molecule has 2 N–H and O–H groups in total. The maximum atomic E-state index is 13.6. The zero-order chi connectivity index (χ0) is 14.4. The highest BCUT2D eigenvalue weighted by Crippen LogP contribution is 2.21. The van der Waals surface area contributed by atoms with Gasteiger partial charge in [-0.1, -0.05) is 17.7 Å². The van der Waals surface area contributed by atoms with Crippen LogP contribution in [0.5, 0.6) is 0 Å². The summed E-state index contributed by atoms with van der Waals surface area (Å²) in [7, 11) is 0. The van der Waals surface area contributed by atoms with Crippen LogP contribution in [0.3, 0.4) is 0 Å². The summed E-state index contributed by atoms with van der Waals surface area (Å²) in [6.45, 7) is 1.17. The van der Waals surface area contributed by atoms with Gasteiger partial charge < -0.3 is 10.6 Å². The minimum absolute atomic E-state index is 0.0264. The molecule has 1 heterocycles. The van der Waals surface area contributed by atoms with Crippen LogP contribution in [0.1, 0.15) is 6.42 Å². The Morgan fingerprint density at radius 1 is 1.40 bits per heavy atom. The number of halogens is 2. The Labute approximate surface area is 120 Å². The van der Waals surface area contributed by atoms with Crippen LogP contribution in [0.15, 0.2) is 36.7 Å². The van der Waals surface area contributed by atoms with E-state index in [1.54, 1.807) is 16.9 Å². The Morgan fingerprint density at radius 2 is 2.25 bits per heavy atom. The molecule has 0 bridgehead atoms. The first-order valence-electron chi connectivity index (χ1n) is 6.13. The van der Waals surface area contributed by atoms with Crippen molar-refractivity contribution in [3.05, 3.63) is 47.5 Å². The molecule has 0 saturated heterocycles. The van der Waals surface area contributed by atoms with Gasteiger partial charge in [-0.05, 0) is 24.6 Å². The van der Waals surface area contributed by atoms with Crippen LogP contribution < -0.4 is 10.6 Å². The number of rotatable bonds is 5. The smallest absolute Gasteiger partial charge is 0.319 e. The Kier molecular flexibility index (Phi) is 4.95. The molecule has 0 aliphatic heterocycles. The van der Waals surface area contributed by atoms with Crippen LogP contribution >= 0.6 is 11.6 Å². The van der Waals surface area contributed by atoms with Gasteiger partial charge in [-0.2, -0.15) is 5.10 Å². The highest BCUT2D eigenvalue weighted by Gasteiger charge is 2.08. The average Bonchev–Trinajstić information content (AvgIpc) is 2.93. The molecule has 20 heavy (non-hydrogen) atoms. The maximum absolute atomic E-state index is 13.6. The molecule has 0 aliphatic rings. The van der Waals surface area contributed by atoms with Gasteiger partial charge in [-0.15, -0.1) is 0 Å². The molecule has 5 nitrogen and oxygen atoms in total. The van der Waals surface area contributed by atoms with E-state index in [0.29, 0.717) is 13.1 Å². The van der Waals surface area contributed by atoms with Crippen LogP contribution in [-0.2, 0) is 6.54 Å². The molecule has 1 aromatic heterocycles. The lowest BCUT2D eigenvalue weighted by molar-refractivity contribution is 0.251. The Bertz CT molecular complexity index is 574.